The van der Waals surface area contributed by atoms with E-state index in [4.69, 9.17) is 9.26 Å². The molecule has 2 heterocycles. The minimum absolute atomic E-state index is 0.0741. The van der Waals surface area contributed by atoms with Gasteiger partial charge in [-0.1, -0.05) is 59.8 Å². The van der Waals surface area contributed by atoms with Crippen molar-refractivity contribution in [3.05, 3.63) is 101 Å². The Morgan fingerprint density at radius 2 is 1.76 bits per heavy atom. The molecule has 1 saturated heterocycles. The molecule has 0 N–H and O–H groups in total. The molecule has 2 atom stereocenters. The van der Waals surface area contributed by atoms with Crippen molar-refractivity contribution >= 4 is 5.91 Å². The largest absolute Gasteiger partial charge is 0.489 e. The minimum atomic E-state index is -0.0741. The number of amides is 1. The average Bonchev–Trinajstić information content (AvgIpc) is 3.62. The lowest BCUT2D eigenvalue weighted by molar-refractivity contribution is -0.129. The second-order valence-electron chi connectivity index (χ2n) is 8.96. The van der Waals surface area contributed by atoms with Gasteiger partial charge in [-0.2, -0.15) is 4.98 Å². The number of fused-ring (bicyclic) bond motifs is 1. The summed E-state index contributed by atoms with van der Waals surface area (Å²) < 4.78 is 11.5. The van der Waals surface area contributed by atoms with Gasteiger partial charge >= 0.3 is 0 Å². The summed E-state index contributed by atoms with van der Waals surface area (Å²) in [5.74, 6) is 1.93. The van der Waals surface area contributed by atoms with Crippen LogP contribution in [0.5, 0.6) is 5.75 Å². The summed E-state index contributed by atoms with van der Waals surface area (Å²) in [4.78, 5) is 19.5. The number of carbonyl (C=O) groups excluding carboxylic acids is 1. The van der Waals surface area contributed by atoms with Crippen LogP contribution in [0.2, 0.25) is 0 Å². The molecular weight excluding hydrogens is 426 g/mol. The highest BCUT2D eigenvalue weighted by atomic mass is 16.5. The number of hydrogen-bond acceptors (Lipinski definition) is 5. The maximum absolute atomic E-state index is 12.9. The van der Waals surface area contributed by atoms with E-state index in [1.807, 2.05) is 59.5 Å². The zero-order valence-electron chi connectivity index (χ0n) is 18.8. The van der Waals surface area contributed by atoms with E-state index in [-0.39, 0.29) is 17.9 Å². The van der Waals surface area contributed by atoms with E-state index >= 15 is 0 Å². The van der Waals surface area contributed by atoms with E-state index in [1.54, 1.807) is 0 Å². The first-order chi connectivity index (χ1) is 16.7. The maximum Gasteiger partial charge on any atom is 0.232 e. The summed E-state index contributed by atoms with van der Waals surface area (Å²) in [7, 11) is 0. The number of carbonyl (C=O) groups is 1. The zero-order valence-corrected chi connectivity index (χ0v) is 18.8. The van der Waals surface area contributed by atoms with Gasteiger partial charge in [0.2, 0.25) is 17.6 Å². The first kappa shape index (κ1) is 20.7. The second kappa shape index (κ2) is 8.78. The van der Waals surface area contributed by atoms with Crippen LogP contribution in [-0.2, 0) is 17.8 Å². The molecule has 0 spiro atoms. The van der Waals surface area contributed by atoms with Crippen LogP contribution >= 0.6 is 0 Å². The first-order valence-electron chi connectivity index (χ1n) is 11.7. The van der Waals surface area contributed by atoms with Crippen LogP contribution in [0, 0.1) is 0 Å². The zero-order chi connectivity index (χ0) is 22.9. The van der Waals surface area contributed by atoms with Crippen molar-refractivity contribution in [2.75, 3.05) is 6.54 Å². The van der Waals surface area contributed by atoms with Crippen LogP contribution in [-0.4, -0.2) is 27.5 Å². The third-order valence-corrected chi connectivity index (χ3v) is 6.79. The van der Waals surface area contributed by atoms with Crippen LogP contribution in [0.1, 0.15) is 47.4 Å². The molecule has 1 amide bonds. The van der Waals surface area contributed by atoms with Crippen molar-refractivity contribution in [1.82, 2.24) is 15.0 Å². The lowest BCUT2D eigenvalue weighted by Gasteiger charge is -2.25. The topological polar surface area (TPSA) is 68.5 Å². The Hall–Kier alpha value is -3.93. The Labute approximate surface area is 198 Å². The van der Waals surface area contributed by atoms with E-state index < -0.39 is 0 Å². The molecule has 6 heteroatoms. The predicted octanol–water partition coefficient (Wildman–Crippen LogP) is 5.32. The average molecular weight is 452 g/mol. The second-order valence-corrected chi connectivity index (χ2v) is 8.96. The van der Waals surface area contributed by atoms with E-state index in [2.05, 4.69) is 34.4 Å². The smallest absolute Gasteiger partial charge is 0.232 e. The van der Waals surface area contributed by atoms with Crippen molar-refractivity contribution in [3.8, 4) is 17.1 Å². The standard InChI is InChI=1S/C28H25N3O3/c32-26-16-22(17-31(26)25-15-12-20-8-4-5-9-24(20)25)28-29-27(30-34-28)21-10-13-23(14-11-21)33-18-19-6-2-1-3-7-19/h1-11,13-14,22,25H,12,15-18H2. The normalized spacial score (nSPS) is 19.4. The van der Waals surface area contributed by atoms with Gasteiger partial charge in [-0.3, -0.25) is 4.79 Å². The van der Waals surface area contributed by atoms with Gasteiger partial charge in [0.05, 0.1) is 12.0 Å². The van der Waals surface area contributed by atoms with Crippen LogP contribution in [0.15, 0.2) is 83.4 Å². The van der Waals surface area contributed by atoms with Crippen molar-refractivity contribution in [3.63, 3.8) is 0 Å². The van der Waals surface area contributed by atoms with Crippen LogP contribution in [0.4, 0.5) is 0 Å². The summed E-state index contributed by atoms with van der Waals surface area (Å²) >= 11 is 0. The molecule has 0 radical (unpaired) electrons. The van der Waals surface area contributed by atoms with Crippen LogP contribution in [0.25, 0.3) is 11.4 Å². The molecule has 0 bridgehead atoms. The highest BCUT2D eigenvalue weighted by Crippen LogP contribution is 2.40. The third kappa shape index (κ3) is 3.96. The highest BCUT2D eigenvalue weighted by Gasteiger charge is 2.40. The van der Waals surface area contributed by atoms with Gasteiger partial charge < -0.3 is 14.2 Å². The van der Waals surface area contributed by atoms with Gasteiger partial charge in [0.15, 0.2) is 0 Å². The number of benzene rings is 3. The molecule has 0 saturated carbocycles. The lowest BCUT2D eigenvalue weighted by atomic mass is 10.1. The number of aromatic nitrogens is 2. The fraction of sp³-hybridized carbons (Fsp3) is 0.250. The Balaban J connectivity index is 1.12. The molecular formula is C28H25N3O3. The molecule has 1 fully saturated rings. The van der Waals surface area contributed by atoms with Gasteiger partial charge in [0.1, 0.15) is 12.4 Å². The van der Waals surface area contributed by atoms with E-state index in [9.17, 15) is 4.79 Å². The molecule has 2 unspecified atom stereocenters. The molecule has 3 aromatic carbocycles. The summed E-state index contributed by atoms with van der Waals surface area (Å²) in [6, 6.07) is 26.3. The maximum atomic E-state index is 12.9. The number of nitrogens with zero attached hydrogens (tertiary/aromatic N) is 3. The molecule has 6 nitrogen and oxygen atoms in total. The van der Waals surface area contributed by atoms with Crippen LogP contribution < -0.4 is 4.74 Å². The molecule has 1 aliphatic carbocycles. The number of rotatable bonds is 6. The van der Waals surface area contributed by atoms with Crippen molar-refractivity contribution in [2.24, 2.45) is 0 Å². The quantitative estimate of drug-likeness (QED) is 0.397. The SMILES string of the molecule is O=C1CC(c2nc(-c3ccc(OCc4ccccc4)cc3)no2)CN1C1CCc2ccccc21. The highest BCUT2D eigenvalue weighted by molar-refractivity contribution is 5.80. The van der Waals surface area contributed by atoms with E-state index in [0.717, 1.165) is 29.7 Å². The summed E-state index contributed by atoms with van der Waals surface area (Å²) in [5, 5.41) is 4.18. The first-order valence-corrected chi connectivity index (χ1v) is 11.7. The number of likely N-dealkylation sites (tertiary alicyclic amines) is 1. The fourth-order valence-corrected chi connectivity index (χ4v) is 5.02. The van der Waals surface area contributed by atoms with Gasteiger partial charge in [0, 0.05) is 18.5 Å². The van der Waals surface area contributed by atoms with Gasteiger partial charge in [-0.05, 0) is 53.8 Å². The molecule has 4 aromatic rings. The predicted molar refractivity (Wildman–Crippen MR) is 127 cm³/mol. The Morgan fingerprint density at radius 1 is 0.971 bits per heavy atom. The molecule has 1 aliphatic heterocycles. The number of ether oxygens (including phenoxy) is 1. The van der Waals surface area contributed by atoms with Crippen LogP contribution in [0.3, 0.4) is 0 Å². The van der Waals surface area contributed by atoms with Crippen molar-refractivity contribution in [2.45, 2.75) is 37.8 Å². The van der Waals surface area contributed by atoms with Gasteiger partial charge in [-0.25, -0.2) is 0 Å². The van der Waals surface area contributed by atoms with Crippen molar-refractivity contribution in [1.29, 1.82) is 0 Å². The summed E-state index contributed by atoms with van der Waals surface area (Å²) in [6.45, 7) is 1.13. The van der Waals surface area contributed by atoms with E-state index in [1.165, 1.54) is 11.1 Å². The molecule has 1 aromatic heterocycles. The molecule has 170 valence electrons. The summed E-state index contributed by atoms with van der Waals surface area (Å²) in [6.07, 6.45) is 2.41. The molecule has 34 heavy (non-hydrogen) atoms. The van der Waals surface area contributed by atoms with Crippen molar-refractivity contribution < 1.29 is 14.1 Å². The number of aryl methyl sites for hydroxylation is 1. The molecule has 6 rings (SSSR count). The monoisotopic (exact) mass is 451 g/mol. The Bertz CT molecular complexity index is 1300. The number of hydrogen-bond donors (Lipinski definition) is 0. The Kier molecular flexibility index (Phi) is 5.34. The lowest BCUT2D eigenvalue weighted by Crippen LogP contribution is -2.28. The molecule has 2 aliphatic rings. The summed E-state index contributed by atoms with van der Waals surface area (Å²) in [5.41, 5.74) is 4.60. The van der Waals surface area contributed by atoms with E-state index in [0.29, 0.717) is 31.3 Å². The minimum Gasteiger partial charge on any atom is -0.489 e. The third-order valence-electron chi connectivity index (χ3n) is 6.79. The Morgan fingerprint density at radius 3 is 2.62 bits per heavy atom. The van der Waals surface area contributed by atoms with Gasteiger partial charge in [-0.15, -0.1) is 0 Å². The fourth-order valence-electron chi connectivity index (χ4n) is 5.02. The van der Waals surface area contributed by atoms with Gasteiger partial charge in [0.25, 0.3) is 0 Å².